The number of halogens is 1. The fourth-order valence-electron chi connectivity index (χ4n) is 2.33. The summed E-state index contributed by atoms with van der Waals surface area (Å²) in [5, 5.41) is 9.17. The maximum absolute atomic E-state index is 12.5. The van der Waals surface area contributed by atoms with Gasteiger partial charge in [-0.25, -0.2) is 8.42 Å². The molecule has 150 valence electrons. The number of morpholine rings is 1. The van der Waals surface area contributed by atoms with Gasteiger partial charge in [-0.1, -0.05) is 0 Å². The molecule has 1 aromatic heterocycles. The summed E-state index contributed by atoms with van der Waals surface area (Å²) in [4.78, 5) is 26.2. The Hall–Kier alpha value is -1.82. The van der Waals surface area contributed by atoms with Crippen molar-refractivity contribution in [2.75, 3.05) is 31.6 Å². The molecule has 0 aliphatic carbocycles. The number of esters is 1. The van der Waals surface area contributed by atoms with E-state index in [0.717, 1.165) is 6.07 Å². The zero-order chi connectivity index (χ0) is 20.2. The van der Waals surface area contributed by atoms with E-state index in [2.05, 4.69) is 15.5 Å². The van der Waals surface area contributed by atoms with E-state index in [0.29, 0.717) is 13.2 Å². The molecule has 1 aliphatic rings. The van der Waals surface area contributed by atoms with Crippen LogP contribution < -0.4 is 5.32 Å². The first-order valence-corrected chi connectivity index (χ1v) is 10.4. The lowest BCUT2D eigenvalue weighted by Gasteiger charge is -2.34. The molecule has 0 unspecified atom stereocenters. The number of hydrogen-bond acceptors (Lipinski definition) is 9. The van der Waals surface area contributed by atoms with Crippen LogP contribution in [0.15, 0.2) is 17.2 Å². The van der Waals surface area contributed by atoms with Crippen molar-refractivity contribution in [3.05, 3.63) is 12.1 Å². The molecule has 0 aromatic carbocycles. The van der Waals surface area contributed by atoms with Crippen molar-refractivity contribution in [2.24, 2.45) is 0 Å². The van der Waals surface area contributed by atoms with Gasteiger partial charge in [-0.05, 0) is 32.9 Å². The van der Waals surface area contributed by atoms with E-state index in [1.807, 2.05) is 0 Å². The summed E-state index contributed by atoms with van der Waals surface area (Å²) in [6.45, 7) is 6.08. The maximum Gasteiger partial charge on any atom is 0.320 e. The first-order valence-electron chi connectivity index (χ1n) is 8.08. The van der Waals surface area contributed by atoms with Gasteiger partial charge in [-0.15, -0.1) is 10.2 Å². The Morgan fingerprint density at radius 3 is 2.63 bits per heavy atom. The van der Waals surface area contributed by atoms with Gasteiger partial charge in [0.15, 0.2) is 10.8 Å². The van der Waals surface area contributed by atoms with Gasteiger partial charge >= 0.3 is 5.97 Å². The number of anilines is 1. The number of rotatable bonds is 5. The van der Waals surface area contributed by atoms with Crippen molar-refractivity contribution in [3.63, 3.8) is 0 Å². The SMILES string of the molecule is CC(C)(C)OC(=O)CN1CCOC[C@@H]1C(=O)Nc1ccc(S(=O)(=O)Cl)nn1. The first-order chi connectivity index (χ1) is 12.5. The van der Waals surface area contributed by atoms with E-state index >= 15 is 0 Å². The van der Waals surface area contributed by atoms with E-state index in [1.165, 1.54) is 6.07 Å². The highest BCUT2D eigenvalue weighted by molar-refractivity contribution is 8.13. The van der Waals surface area contributed by atoms with Crippen LogP contribution >= 0.6 is 10.7 Å². The van der Waals surface area contributed by atoms with Gasteiger partial charge in [-0.2, -0.15) is 0 Å². The van der Waals surface area contributed by atoms with Gasteiger partial charge in [-0.3, -0.25) is 14.5 Å². The standard InChI is InChI=1S/C15H21ClN4O6S/c1-15(2,3)26-13(21)8-20-6-7-25-9-10(20)14(22)17-11-4-5-12(19-18-11)27(16,23)24/h4-5,10H,6-9H2,1-3H3,(H,17,18,22)/t10-/m1/s1. The predicted octanol–water partition coefficient (Wildman–Crippen LogP) is 0.385. The van der Waals surface area contributed by atoms with Crippen LogP contribution in [0.3, 0.4) is 0 Å². The third-order valence-electron chi connectivity index (χ3n) is 3.44. The van der Waals surface area contributed by atoms with Crippen LogP contribution in [0.2, 0.25) is 0 Å². The smallest absolute Gasteiger partial charge is 0.320 e. The Balaban J connectivity index is 2.03. The van der Waals surface area contributed by atoms with Gasteiger partial charge in [0, 0.05) is 17.2 Å². The Bertz CT molecular complexity index is 794. The highest BCUT2D eigenvalue weighted by atomic mass is 35.7. The fourth-order valence-corrected chi connectivity index (χ4v) is 2.95. The molecular weight excluding hydrogens is 400 g/mol. The molecule has 2 heterocycles. The van der Waals surface area contributed by atoms with E-state index in [4.69, 9.17) is 20.2 Å². The molecule has 27 heavy (non-hydrogen) atoms. The summed E-state index contributed by atoms with van der Waals surface area (Å²) in [6, 6.07) is 1.66. The van der Waals surface area contributed by atoms with Gasteiger partial charge in [0.2, 0.25) is 5.91 Å². The minimum Gasteiger partial charge on any atom is -0.459 e. The molecular formula is C15H21ClN4O6S. The van der Waals surface area contributed by atoms with Crippen molar-refractivity contribution in [1.82, 2.24) is 15.1 Å². The normalized spacial score (nSPS) is 18.7. The minimum absolute atomic E-state index is 0.0480. The number of aromatic nitrogens is 2. The minimum atomic E-state index is -4.00. The van der Waals surface area contributed by atoms with Crippen LogP contribution in [0.1, 0.15) is 20.8 Å². The topological polar surface area (TPSA) is 128 Å². The van der Waals surface area contributed by atoms with Gasteiger partial charge in [0.1, 0.15) is 11.6 Å². The molecule has 1 N–H and O–H groups in total. The lowest BCUT2D eigenvalue weighted by molar-refractivity contribution is -0.158. The number of amides is 1. The van der Waals surface area contributed by atoms with Gasteiger partial charge in [0.05, 0.1) is 19.8 Å². The summed E-state index contributed by atoms with van der Waals surface area (Å²) >= 11 is 0. The van der Waals surface area contributed by atoms with E-state index in [1.54, 1.807) is 25.7 Å². The summed E-state index contributed by atoms with van der Waals surface area (Å²) < 4.78 is 33.0. The Kier molecular flexibility index (Phi) is 6.73. The van der Waals surface area contributed by atoms with E-state index in [-0.39, 0.29) is 19.0 Å². The average Bonchev–Trinajstić information content (AvgIpc) is 2.53. The van der Waals surface area contributed by atoms with Crippen molar-refractivity contribution in [3.8, 4) is 0 Å². The average molecular weight is 421 g/mol. The Labute approximate surface area is 161 Å². The number of hydrogen-bond donors (Lipinski definition) is 1. The van der Waals surface area contributed by atoms with Crippen LogP contribution in [0.5, 0.6) is 0 Å². The fraction of sp³-hybridized carbons (Fsp3) is 0.600. The zero-order valence-electron chi connectivity index (χ0n) is 15.1. The number of nitrogens with one attached hydrogen (secondary N) is 1. The molecule has 1 atom stereocenters. The molecule has 1 amide bonds. The number of ether oxygens (including phenoxy) is 2. The second-order valence-electron chi connectivity index (χ2n) is 6.83. The predicted molar refractivity (Wildman–Crippen MR) is 95.7 cm³/mol. The third kappa shape index (κ3) is 6.69. The third-order valence-corrected chi connectivity index (χ3v) is 4.63. The van der Waals surface area contributed by atoms with E-state index < -0.39 is 37.6 Å². The van der Waals surface area contributed by atoms with E-state index in [9.17, 15) is 18.0 Å². The first kappa shape index (κ1) is 21.5. The van der Waals surface area contributed by atoms with Crippen LogP contribution in [-0.2, 0) is 28.1 Å². The molecule has 0 spiro atoms. The molecule has 1 aromatic rings. The highest BCUT2D eigenvalue weighted by Crippen LogP contribution is 2.15. The second-order valence-corrected chi connectivity index (χ2v) is 9.34. The van der Waals surface area contributed by atoms with Gasteiger partial charge in [0.25, 0.3) is 9.05 Å². The Morgan fingerprint density at radius 1 is 1.37 bits per heavy atom. The lowest BCUT2D eigenvalue weighted by Crippen LogP contribution is -2.54. The Morgan fingerprint density at radius 2 is 2.07 bits per heavy atom. The second kappa shape index (κ2) is 8.46. The highest BCUT2D eigenvalue weighted by Gasteiger charge is 2.32. The van der Waals surface area contributed by atoms with Crippen LogP contribution in [-0.4, -0.2) is 73.3 Å². The molecule has 0 radical (unpaired) electrons. The largest absolute Gasteiger partial charge is 0.459 e. The molecule has 12 heteroatoms. The molecule has 0 bridgehead atoms. The molecule has 1 aliphatic heterocycles. The van der Waals surface area contributed by atoms with Crippen LogP contribution in [0.4, 0.5) is 5.82 Å². The monoisotopic (exact) mass is 420 g/mol. The maximum atomic E-state index is 12.5. The molecule has 1 fully saturated rings. The van der Waals surface area contributed by atoms with Crippen LogP contribution in [0.25, 0.3) is 0 Å². The molecule has 10 nitrogen and oxygen atoms in total. The van der Waals surface area contributed by atoms with Crippen molar-refractivity contribution in [2.45, 2.75) is 37.4 Å². The summed E-state index contributed by atoms with van der Waals surface area (Å²) in [6.07, 6.45) is 0. The summed E-state index contributed by atoms with van der Waals surface area (Å²) in [5.74, 6) is -0.862. The zero-order valence-corrected chi connectivity index (χ0v) is 16.7. The summed E-state index contributed by atoms with van der Waals surface area (Å²) in [5.41, 5.74) is -0.624. The van der Waals surface area contributed by atoms with Crippen molar-refractivity contribution >= 4 is 37.4 Å². The number of carbonyl (C=O) groups excluding carboxylic acids is 2. The van der Waals surface area contributed by atoms with Crippen molar-refractivity contribution in [1.29, 1.82) is 0 Å². The molecule has 2 rings (SSSR count). The summed E-state index contributed by atoms with van der Waals surface area (Å²) in [7, 11) is 1.17. The number of carbonyl (C=O) groups is 2. The molecule has 1 saturated heterocycles. The number of nitrogens with zero attached hydrogens (tertiary/aromatic N) is 3. The lowest BCUT2D eigenvalue weighted by atomic mass is 10.2. The van der Waals surface area contributed by atoms with Gasteiger partial charge < -0.3 is 14.8 Å². The van der Waals surface area contributed by atoms with Crippen LogP contribution in [0, 0.1) is 0 Å². The van der Waals surface area contributed by atoms with Crippen molar-refractivity contribution < 1.29 is 27.5 Å². The molecule has 0 saturated carbocycles. The quantitative estimate of drug-likeness (QED) is 0.531.